The number of aromatic nitrogens is 3. The number of pyridine rings is 1. The molecule has 2 aromatic carbocycles. The molecule has 0 saturated carbocycles. The second-order valence-electron chi connectivity index (χ2n) is 9.12. The Morgan fingerprint density at radius 1 is 1.02 bits per heavy atom. The predicted molar refractivity (Wildman–Crippen MR) is 145 cm³/mol. The summed E-state index contributed by atoms with van der Waals surface area (Å²) in [6.45, 7) is 2.15. The summed E-state index contributed by atoms with van der Waals surface area (Å²) in [5.74, 6) is 0.0728. The Balaban J connectivity index is 1.53. The highest BCUT2D eigenvalue weighted by Crippen LogP contribution is 2.31. The lowest BCUT2D eigenvalue weighted by Crippen LogP contribution is -2.33. The second-order valence-corrected chi connectivity index (χ2v) is 10.1. The quantitative estimate of drug-likeness (QED) is 0.0987. The van der Waals surface area contributed by atoms with Gasteiger partial charge in [0.05, 0.1) is 11.3 Å². The lowest BCUT2D eigenvalue weighted by atomic mass is 10.1. The Labute approximate surface area is 232 Å². The summed E-state index contributed by atoms with van der Waals surface area (Å²) in [5, 5.41) is 0.353. The summed E-state index contributed by atoms with van der Waals surface area (Å²) in [4.78, 5) is 35.2. The molecule has 4 aromatic rings. The summed E-state index contributed by atoms with van der Waals surface area (Å²) < 4.78 is 53.5. The van der Waals surface area contributed by atoms with E-state index in [-0.39, 0.29) is 11.4 Å². The smallest absolute Gasteiger partial charge is 0.304 e. The number of alkyl halides is 3. The predicted octanol–water partition coefficient (Wildman–Crippen LogP) is 6.15. The van der Waals surface area contributed by atoms with Crippen LogP contribution in [-0.2, 0) is 29.7 Å². The number of benzene rings is 2. The van der Waals surface area contributed by atoms with E-state index in [9.17, 15) is 27.2 Å². The van der Waals surface area contributed by atoms with Crippen molar-refractivity contribution in [3.8, 4) is 11.3 Å². The van der Waals surface area contributed by atoms with Gasteiger partial charge in [-0.3, -0.25) is 19.5 Å². The van der Waals surface area contributed by atoms with Gasteiger partial charge in [0.25, 0.3) is 5.56 Å². The number of likely N-dealkylation sites (N-methyl/N-ethyl adjacent to an activating group) is 1. The van der Waals surface area contributed by atoms with E-state index >= 15 is 0 Å². The van der Waals surface area contributed by atoms with Crippen LogP contribution in [-0.4, -0.2) is 32.8 Å². The van der Waals surface area contributed by atoms with E-state index in [4.69, 9.17) is 0 Å². The first-order valence-electron chi connectivity index (χ1n) is 12.4. The molecule has 0 fully saturated rings. The monoisotopic (exact) mass is 570 g/mol. The Kier molecular flexibility index (Phi) is 9.16. The van der Waals surface area contributed by atoms with Gasteiger partial charge in [-0.05, 0) is 54.9 Å². The molecule has 0 N–H and O–H groups in total. The molecule has 1 atom stereocenters. The van der Waals surface area contributed by atoms with Crippen molar-refractivity contribution in [3.05, 3.63) is 111 Å². The fourth-order valence-corrected chi connectivity index (χ4v) is 4.99. The molecule has 4 rings (SSSR count). The molecule has 0 aliphatic rings. The van der Waals surface area contributed by atoms with Gasteiger partial charge in [-0.15, -0.1) is 0 Å². The Morgan fingerprint density at radius 3 is 2.27 bits per heavy atom. The van der Waals surface area contributed by atoms with Crippen molar-refractivity contribution in [3.63, 3.8) is 0 Å². The van der Waals surface area contributed by atoms with Crippen molar-refractivity contribution < 1.29 is 22.4 Å². The van der Waals surface area contributed by atoms with E-state index in [0.717, 1.165) is 29.5 Å². The number of carbonyl (C=O) groups excluding carboxylic acids is 1. The van der Waals surface area contributed by atoms with E-state index in [1.165, 1.54) is 36.0 Å². The number of rotatable bonds is 10. The molecule has 0 saturated heterocycles. The SMILES string of the molecule is CCc1cn(C(C=O)N(C)Cc2ccc(-c3ccc(C(F)(F)F)cc3)nc2)c(SCc2ccc(F)cc2)nc1=O. The van der Waals surface area contributed by atoms with Crippen LogP contribution in [0.2, 0.25) is 0 Å². The minimum absolute atomic E-state index is 0.319. The van der Waals surface area contributed by atoms with Gasteiger partial charge >= 0.3 is 6.18 Å². The fraction of sp³-hybridized carbons (Fsp3) is 0.241. The zero-order valence-electron chi connectivity index (χ0n) is 21.7. The highest BCUT2D eigenvalue weighted by molar-refractivity contribution is 7.98. The highest BCUT2D eigenvalue weighted by Gasteiger charge is 2.30. The minimum atomic E-state index is -4.41. The third-order valence-corrected chi connectivity index (χ3v) is 7.31. The molecule has 208 valence electrons. The van der Waals surface area contributed by atoms with Crippen LogP contribution in [0.1, 0.15) is 35.3 Å². The lowest BCUT2D eigenvalue weighted by molar-refractivity contribution is -0.137. The van der Waals surface area contributed by atoms with Crippen LogP contribution < -0.4 is 5.56 Å². The van der Waals surface area contributed by atoms with Gasteiger partial charge in [-0.25, -0.2) is 4.39 Å². The number of hydrogen-bond donors (Lipinski definition) is 0. The molecule has 2 aromatic heterocycles. The fourth-order valence-electron chi connectivity index (χ4n) is 4.04. The number of carbonyl (C=O) groups is 1. The van der Waals surface area contributed by atoms with Gasteiger partial charge in [0.15, 0.2) is 11.4 Å². The van der Waals surface area contributed by atoms with Gasteiger partial charge in [0.2, 0.25) is 0 Å². The van der Waals surface area contributed by atoms with Crippen LogP contribution in [0.15, 0.2) is 83.0 Å². The molecule has 0 bridgehead atoms. The molecule has 0 aliphatic carbocycles. The Hall–Kier alpha value is -3.83. The molecule has 40 heavy (non-hydrogen) atoms. The van der Waals surface area contributed by atoms with Crippen LogP contribution in [0, 0.1) is 5.82 Å². The molecular weight excluding hydrogens is 544 g/mol. The zero-order chi connectivity index (χ0) is 28.9. The minimum Gasteiger partial charge on any atom is -0.304 e. The molecule has 11 heteroatoms. The number of thioether (sulfide) groups is 1. The normalized spacial score (nSPS) is 12.5. The van der Waals surface area contributed by atoms with Crippen LogP contribution in [0.4, 0.5) is 17.6 Å². The second kappa shape index (κ2) is 12.6. The summed E-state index contributed by atoms with van der Waals surface area (Å²) in [6.07, 6.45) is -0.741. The molecule has 0 spiro atoms. The molecule has 1 unspecified atom stereocenters. The molecule has 2 heterocycles. The number of hydrogen-bond acceptors (Lipinski definition) is 6. The maximum Gasteiger partial charge on any atom is 0.416 e. The molecule has 6 nitrogen and oxygen atoms in total. The van der Waals surface area contributed by atoms with E-state index in [2.05, 4.69) is 9.97 Å². The lowest BCUT2D eigenvalue weighted by Gasteiger charge is -2.27. The maximum absolute atomic E-state index is 13.3. The topological polar surface area (TPSA) is 68.1 Å². The van der Waals surface area contributed by atoms with Crippen LogP contribution >= 0.6 is 11.8 Å². The maximum atomic E-state index is 13.3. The standard InChI is InChI=1S/C29H26F4N4O2S/c1-3-21-16-37(28(35-27(21)39)40-18-19-4-11-24(30)12-5-19)26(17-38)36(2)15-20-6-13-25(34-14-20)22-7-9-23(10-8-22)29(31,32)33/h4-14,16-17,26H,3,15,18H2,1-2H3. The summed E-state index contributed by atoms with van der Waals surface area (Å²) in [6, 6.07) is 14.3. The molecule has 0 aliphatic heterocycles. The first-order valence-corrected chi connectivity index (χ1v) is 13.3. The van der Waals surface area contributed by atoms with E-state index in [0.29, 0.717) is 40.7 Å². The van der Waals surface area contributed by atoms with E-state index < -0.39 is 17.9 Å². The van der Waals surface area contributed by atoms with Gasteiger partial charge in [0, 0.05) is 35.8 Å². The first-order chi connectivity index (χ1) is 19.1. The van der Waals surface area contributed by atoms with Crippen LogP contribution in [0.5, 0.6) is 0 Å². The van der Waals surface area contributed by atoms with Gasteiger partial charge < -0.3 is 4.57 Å². The van der Waals surface area contributed by atoms with Crippen LogP contribution in [0.3, 0.4) is 0 Å². The third-order valence-electron chi connectivity index (χ3n) is 6.27. The number of nitrogens with zero attached hydrogens (tertiary/aromatic N) is 4. The average Bonchev–Trinajstić information content (AvgIpc) is 2.94. The summed E-state index contributed by atoms with van der Waals surface area (Å²) >= 11 is 1.27. The van der Waals surface area contributed by atoms with E-state index in [1.807, 2.05) is 6.92 Å². The van der Waals surface area contributed by atoms with Crippen molar-refractivity contribution in [2.45, 2.75) is 43.1 Å². The van der Waals surface area contributed by atoms with Gasteiger partial charge in [0.1, 0.15) is 12.0 Å². The number of aryl methyl sites for hydroxylation is 1. The van der Waals surface area contributed by atoms with Crippen LogP contribution in [0.25, 0.3) is 11.3 Å². The largest absolute Gasteiger partial charge is 0.416 e. The average molecular weight is 571 g/mol. The zero-order valence-corrected chi connectivity index (χ0v) is 22.5. The number of aldehydes is 1. The third kappa shape index (κ3) is 7.02. The Bertz CT molecular complexity index is 1510. The Morgan fingerprint density at radius 2 is 1.70 bits per heavy atom. The van der Waals surface area contributed by atoms with Crippen molar-refractivity contribution in [2.75, 3.05) is 7.05 Å². The summed E-state index contributed by atoms with van der Waals surface area (Å²) in [5.41, 5.74) is 2.05. The molecule has 0 amide bonds. The van der Waals surface area contributed by atoms with Crippen molar-refractivity contribution in [2.24, 2.45) is 0 Å². The van der Waals surface area contributed by atoms with Crippen molar-refractivity contribution >= 4 is 18.0 Å². The van der Waals surface area contributed by atoms with E-state index in [1.54, 1.807) is 53.2 Å². The molecular formula is C29H26F4N4O2S. The summed E-state index contributed by atoms with van der Waals surface area (Å²) in [7, 11) is 1.75. The van der Waals surface area contributed by atoms with Crippen molar-refractivity contribution in [1.29, 1.82) is 0 Å². The number of halogens is 4. The highest BCUT2D eigenvalue weighted by atomic mass is 32.2. The van der Waals surface area contributed by atoms with Gasteiger partial charge in [-0.1, -0.05) is 49.0 Å². The molecule has 0 radical (unpaired) electrons. The first kappa shape index (κ1) is 29.2. The van der Waals surface area contributed by atoms with Gasteiger partial charge in [-0.2, -0.15) is 18.2 Å². The van der Waals surface area contributed by atoms with Crippen molar-refractivity contribution in [1.82, 2.24) is 19.4 Å².